The van der Waals surface area contributed by atoms with E-state index in [9.17, 15) is 19.5 Å². The minimum Gasteiger partial charge on any atom is -0.494 e. The molecule has 1 aliphatic heterocycles. The lowest BCUT2D eigenvalue weighted by Crippen LogP contribution is -2.41. The maximum atomic E-state index is 12.2. The highest BCUT2D eigenvalue weighted by Crippen LogP contribution is 2.33. The first-order valence-electron chi connectivity index (χ1n) is 10.4. The van der Waals surface area contributed by atoms with Gasteiger partial charge >= 0.3 is 6.03 Å². The molecule has 166 valence electrons. The monoisotopic (exact) mass is 436 g/mol. The van der Waals surface area contributed by atoms with E-state index in [0.29, 0.717) is 24.1 Å². The highest BCUT2D eigenvalue weighted by Gasteiger charge is 2.30. The van der Waals surface area contributed by atoms with Crippen molar-refractivity contribution in [1.82, 2.24) is 15.2 Å². The van der Waals surface area contributed by atoms with Crippen molar-refractivity contribution in [1.29, 1.82) is 0 Å². The molecule has 0 aliphatic carbocycles. The first kappa shape index (κ1) is 21.2. The Hall–Kier alpha value is -4.01. The van der Waals surface area contributed by atoms with Gasteiger partial charge in [0, 0.05) is 35.6 Å². The van der Waals surface area contributed by atoms with Gasteiger partial charge in [0.25, 0.3) is 0 Å². The summed E-state index contributed by atoms with van der Waals surface area (Å²) >= 11 is 0. The molecule has 0 spiro atoms. The van der Waals surface area contributed by atoms with Crippen molar-refractivity contribution in [3.63, 3.8) is 0 Å². The van der Waals surface area contributed by atoms with Crippen LogP contribution in [0, 0.1) is 0 Å². The van der Waals surface area contributed by atoms with Gasteiger partial charge < -0.3 is 25.0 Å². The van der Waals surface area contributed by atoms with Crippen molar-refractivity contribution in [2.45, 2.75) is 32.4 Å². The van der Waals surface area contributed by atoms with Crippen LogP contribution in [0.25, 0.3) is 10.8 Å². The number of rotatable bonds is 6. The summed E-state index contributed by atoms with van der Waals surface area (Å²) in [6.45, 7) is 2.76. The zero-order chi connectivity index (χ0) is 22.7. The molecule has 0 saturated carbocycles. The minimum absolute atomic E-state index is 0.0257. The summed E-state index contributed by atoms with van der Waals surface area (Å²) in [5, 5.41) is 19.8. The number of hydrogen-bond acceptors (Lipinski definition) is 5. The van der Waals surface area contributed by atoms with Crippen LogP contribution in [0.15, 0.2) is 48.7 Å². The molecule has 9 nitrogen and oxygen atoms in total. The second-order valence-electron chi connectivity index (χ2n) is 7.51. The van der Waals surface area contributed by atoms with Crippen LogP contribution < -0.4 is 20.7 Å². The van der Waals surface area contributed by atoms with E-state index in [1.807, 2.05) is 13.0 Å². The lowest BCUT2D eigenvalue weighted by Gasteiger charge is -2.22. The second-order valence-corrected chi connectivity index (χ2v) is 7.51. The maximum absolute atomic E-state index is 12.2. The number of fused-ring (bicyclic) bond motifs is 1. The van der Waals surface area contributed by atoms with E-state index in [2.05, 4.69) is 16.0 Å². The standard InChI is InChI=1S/C23H24N4O5/c1-2-32-17-6-4-16(5-7-17)25-23(31)24-12-14-3-8-18-15(11-14)13-27(22(18)30)19-9-10-20(28)26-21(19)29/h3-8,11,13,19,30H,2,9-10,12H2,1H3,(H2,24,25,31)(H,26,28,29). The number of amides is 4. The van der Waals surface area contributed by atoms with E-state index in [1.165, 1.54) is 4.57 Å². The van der Waals surface area contributed by atoms with Crippen molar-refractivity contribution in [3.05, 3.63) is 54.2 Å². The lowest BCUT2D eigenvalue weighted by molar-refractivity contribution is -0.135. The smallest absolute Gasteiger partial charge is 0.319 e. The number of imide groups is 1. The Labute approximate surface area is 184 Å². The average molecular weight is 436 g/mol. The highest BCUT2D eigenvalue weighted by atomic mass is 16.5. The number of hydrogen-bond donors (Lipinski definition) is 4. The van der Waals surface area contributed by atoms with Crippen molar-refractivity contribution < 1.29 is 24.2 Å². The van der Waals surface area contributed by atoms with Gasteiger partial charge in [0.05, 0.1) is 6.61 Å². The number of ether oxygens (including phenoxy) is 1. The maximum Gasteiger partial charge on any atom is 0.319 e. The number of piperidine rings is 1. The Balaban J connectivity index is 1.41. The van der Waals surface area contributed by atoms with Gasteiger partial charge in [-0.2, -0.15) is 0 Å². The minimum atomic E-state index is -0.637. The van der Waals surface area contributed by atoms with E-state index >= 15 is 0 Å². The summed E-state index contributed by atoms with van der Waals surface area (Å²) in [4.78, 5) is 35.8. The lowest BCUT2D eigenvalue weighted by atomic mass is 10.1. The largest absolute Gasteiger partial charge is 0.494 e. The molecular weight excluding hydrogens is 412 g/mol. The molecule has 0 bridgehead atoms. The van der Waals surface area contributed by atoms with Gasteiger partial charge in [0.1, 0.15) is 11.8 Å². The van der Waals surface area contributed by atoms with Crippen LogP contribution in [0.2, 0.25) is 0 Å². The van der Waals surface area contributed by atoms with Gasteiger partial charge in [-0.3, -0.25) is 14.9 Å². The van der Waals surface area contributed by atoms with Crippen LogP contribution in [0.1, 0.15) is 31.4 Å². The van der Waals surface area contributed by atoms with Crippen molar-refractivity contribution in [3.8, 4) is 11.6 Å². The first-order valence-corrected chi connectivity index (χ1v) is 10.4. The summed E-state index contributed by atoms with van der Waals surface area (Å²) in [5.74, 6) is -0.0226. The Morgan fingerprint density at radius 2 is 2.00 bits per heavy atom. The van der Waals surface area contributed by atoms with Crippen LogP contribution >= 0.6 is 0 Å². The quantitative estimate of drug-likeness (QED) is 0.443. The fourth-order valence-electron chi connectivity index (χ4n) is 3.73. The van der Waals surface area contributed by atoms with E-state index in [1.54, 1.807) is 42.6 Å². The third kappa shape index (κ3) is 4.51. The number of carbonyl (C=O) groups excluding carboxylic acids is 3. The predicted molar refractivity (Wildman–Crippen MR) is 118 cm³/mol. The number of aromatic hydroxyl groups is 1. The molecule has 1 aromatic heterocycles. The molecular formula is C23H24N4O5. The molecule has 32 heavy (non-hydrogen) atoms. The van der Waals surface area contributed by atoms with Crippen LogP contribution in [0.4, 0.5) is 10.5 Å². The molecule has 1 unspecified atom stereocenters. The Bertz CT molecular complexity index is 1170. The van der Waals surface area contributed by atoms with Crippen LogP contribution in [-0.2, 0) is 16.1 Å². The summed E-state index contributed by atoms with van der Waals surface area (Å²) in [6, 6.07) is 11.5. The summed E-state index contributed by atoms with van der Waals surface area (Å²) in [7, 11) is 0. The molecule has 2 heterocycles. The van der Waals surface area contributed by atoms with Gasteiger partial charge in [0.2, 0.25) is 11.8 Å². The van der Waals surface area contributed by atoms with Crippen LogP contribution in [0.3, 0.4) is 0 Å². The third-order valence-corrected chi connectivity index (χ3v) is 5.30. The first-order chi connectivity index (χ1) is 15.4. The fraction of sp³-hybridized carbons (Fsp3) is 0.261. The van der Waals surface area contributed by atoms with Crippen LogP contribution in [0.5, 0.6) is 11.6 Å². The Kier molecular flexibility index (Phi) is 5.98. The molecule has 3 aromatic rings. The normalized spacial score (nSPS) is 16.0. The van der Waals surface area contributed by atoms with E-state index in [4.69, 9.17) is 4.74 Å². The van der Waals surface area contributed by atoms with Gasteiger partial charge in [-0.15, -0.1) is 0 Å². The number of nitrogens with one attached hydrogen (secondary N) is 3. The average Bonchev–Trinajstić information content (AvgIpc) is 3.09. The number of carbonyl (C=O) groups is 3. The Morgan fingerprint density at radius 1 is 1.22 bits per heavy atom. The summed E-state index contributed by atoms with van der Waals surface area (Å²) in [5.41, 5.74) is 1.48. The fourth-order valence-corrected chi connectivity index (χ4v) is 3.73. The van der Waals surface area contributed by atoms with E-state index < -0.39 is 11.9 Å². The van der Waals surface area contributed by atoms with Gasteiger partial charge in [-0.25, -0.2) is 4.79 Å². The Morgan fingerprint density at radius 3 is 2.72 bits per heavy atom. The zero-order valence-electron chi connectivity index (χ0n) is 17.6. The van der Waals surface area contributed by atoms with Crippen LogP contribution in [-0.4, -0.2) is 34.1 Å². The van der Waals surface area contributed by atoms with Crippen molar-refractivity contribution in [2.24, 2.45) is 0 Å². The number of benzene rings is 2. The number of urea groups is 1. The summed E-state index contributed by atoms with van der Waals surface area (Å²) in [6.07, 6.45) is 2.25. The number of aromatic nitrogens is 1. The number of nitrogens with zero attached hydrogens (tertiary/aromatic N) is 1. The molecule has 1 fully saturated rings. The molecule has 9 heteroatoms. The molecule has 4 amide bonds. The zero-order valence-corrected chi connectivity index (χ0v) is 17.6. The third-order valence-electron chi connectivity index (χ3n) is 5.30. The van der Waals surface area contributed by atoms with Gasteiger partial charge in [0.15, 0.2) is 5.88 Å². The topological polar surface area (TPSA) is 122 Å². The molecule has 1 aliphatic rings. The molecule has 4 rings (SSSR count). The van der Waals surface area contributed by atoms with Gasteiger partial charge in [-0.1, -0.05) is 6.07 Å². The molecule has 1 saturated heterocycles. The molecule has 0 radical (unpaired) electrons. The van der Waals surface area contributed by atoms with Crippen molar-refractivity contribution >= 4 is 34.3 Å². The van der Waals surface area contributed by atoms with Gasteiger partial charge in [-0.05, 0) is 55.3 Å². The number of anilines is 1. The molecule has 2 aromatic carbocycles. The summed E-state index contributed by atoms with van der Waals surface area (Å²) < 4.78 is 6.87. The predicted octanol–water partition coefficient (Wildman–Crippen LogP) is 3.05. The molecule has 1 atom stereocenters. The SMILES string of the molecule is CCOc1ccc(NC(=O)NCc2ccc3c(O)n(C4CCC(=O)NC4=O)cc3c2)cc1. The second kappa shape index (κ2) is 9.01. The van der Waals surface area contributed by atoms with E-state index in [-0.39, 0.29) is 30.8 Å². The highest BCUT2D eigenvalue weighted by molar-refractivity contribution is 6.00. The van der Waals surface area contributed by atoms with E-state index in [0.717, 1.165) is 16.7 Å². The van der Waals surface area contributed by atoms with Crippen molar-refractivity contribution in [2.75, 3.05) is 11.9 Å². The molecule has 4 N–H and O–H groups in total.